The van der Waals surface area contributed by atoms with Crippen molar-refractivity contribution >= 4 is 28.6 Å². The maximum absolute atomic E-state index is 12.5. The third-order valence-corrected chi connectivity index (χ3v) is 4.19. The summed E-state index contributed by atoms with van der Waals surface area (Å²) in [6.07, 6.45) is 0. The number of methoxy groups -OCH3 is 1. The monoisotopic (exact) mass is 346 g/mol. The smallest absolute Gasteiger partial charge is 0.268 e. The van der Waals surface area contributed by atoms with Gasteiger partial charge in [0.1, 0.15) is 11.5 Å². The van der Waals surface area contributed by atoms with Gasteiger partial charge in [-0.05, 0) is 18.6 Å². The quantitative estimate of drug-likeness (QED) is 0.693. The number of aryl methyl sites for hydroxylation is 1. The van der Waals surface area contributed by atoms with E-state index in [1.54, 1.807) is 13.2 Å². The van der Waals surface area contributed by atoms with Crippen LogP contribution in [0.1, 0.15) is 21.8 Å². The number of hydrogen-bond donors (Lipinski definition) is 1. The fraction of sp³-hybridized carbons (Fsp3) is 0.278. The lowest BCUT2D eigenvalue weighted by atomic mass is 10.2. The molecule has 3 aromatic rings. The average molecular weight is 347 g/mol. The number of benzene rings is 1. The molecule has 0 unspecified atom stereocenters. The maximum Gasteiger partial charge on any atom is 0.268 e. The number of halogens is 1. The lowest BCUT2D eigenvalue weighted by Gasteiger charge is -2.11. The maximum atomic E-state index is 12.5. The van der Waals surface area contributed by atoms with Crippen LogP contribution in [-0.4, -0.2) is 30.7 Å². The van der Waals surface area contributed by atoms with Gasteiger partial charge in [0.2, 0.25) is 0 Å². The molecular formula is C18H19ClN2O3. The zero-order valence-electron chi connectivity index (χ0n) is 13.6. The summed E-state index contributed by atoms with van der Waals surface area (Å²) in [6, 6.07) is 11.3. The summed E-state index contributed by atoms with van der Waals surface area (Å²) in [5.74, 6) is 0.641. The molecule has 3 rings (SSSR count). The van der Waals surface area contributed by atoms with Crippen LogP contribution in [0, 0.1) is 6.92 Å². The number of rotatable bonds is 6. The van der Waals surface area contributed by atoms with E-state index < -0.39 is 0 Å². The predicted molar refractivity (Wildman–Crippen MR) is 93.7 cm³/mol. The number of carbonyl (C=O) groups is 1. The van der Waals surface area contributed by atoms with Crippen molar-refractivity contribution in [3.8, 4) is 0 Å². The van der Waals surface area contributed by atoms with E-state index in [2.05, 4.69) is 5.32 Å². The Kier molecular flexibility index (Phi) is 4.92. The first kappa shape index (κ1) is 16.6. The molecule has 0 atom stereocenters. The second-order valence-electron chi connectivity index (χ2n) is 5.56. The molecule has 24 heavy (non-hydrogen) atoms. The van der Waals surface area contributed by atoms with E-state index in [1.165, 1.54) is 0 Å². The SMILES string of the molecule is COCCNC(=O)c1cc2oc(C)cc2n1Cc1ccccc1Cl. The summed E-state index contributed by atoms with van der Waals surface area (Å²) in [7, 11) is 1.60. The highest BCUT2D eigenvalue weighted by Gasteiger charge is 2.19. The number of aromatic nitrogens is 1. The van der Waals surface area contributed by atoms with Crippen LogP contribution in [0.2, 0.25) is 5.02 Å². The van der Waals surface area contributed by atoms with Gasteiger partial charge < -0.3 is 19.0 Å². The molecule has 2 aromatic heterocycles. The fourth-order valence-electron chi connectivity index (χ4n) is 2.68. The van der Waals surface area contributed by atoms with Gasteiger partial charge in [-0.3, -0.25) is 4.79 Å². The summed E-state index contributed by atoms with van der Waals surface area (Å²) < 4.78 is 12.6. The standard InChI is InChI=1S/C18H19ClN2O3/c1-12-9-15-17(24-12)10-16(18(22)20-7-8-23-2)21(15)11-13-5-3-4-6-14(13)19/h3-6,9-10H,7-8,11H2,1-2H3,(H,20,22). The van der Waals surface area contributed by atoms with Gasteiger partial charge in [-0.15, -0.1) is 0 Å². The van der Waals surface area contributed by atoms with E-state index in [0.29, 0.717) is 36.0 Å². The summed E-state index contributed by atoms with van der Waals surface area (Å²) >= 11 is 6.28. The number of nitrogens with one attached hydrogen (secondary N) is 1. The molecule has 126 valence electrons. The van der Waals surface area contributed by atoms with Crippen LogP contribution < -0.4 is 5.32 Å². The van der Waals surface area contributed by atoms with Crippen molar-refractivity contribution in [2.75, 3.05) is 20.3 Å². The van der Waals surface area contributed by atoms with Crippen molar-refractivity contribution in [1.29, 1.82) is 0 Å². The molecule has 0 fully saturated rings. The van der Waals surface area contributed by atoms with E-state index in [4.69, 9.17) is 20.8 Å². The molecule has 2 heterocycles. The fourth-order valence-corrected chi connectivity index (χ4v) is 2.87. The Bertz CT molecular complexity index is 866. The molecule has 0 aliphatic carbocycles. The number of furan rings is 1. The van der Waals surface area contributed by atoms with E-state index in [9.17, 15) is 4.79 Å². The Morgan fingerprint density at radius 1 is 1.33 bits per heavy atom. The summed E-state index contributed by atoms with van der Waals surface area (Å²) in [5, 5.41) is 3.52. The largest absolute Gasteiger partial charge is 0.460 e. The lowest BCUT2D eigenvalue weighted by Crippen LogP contribution is -2.29. The van der Waals surface area contributed by atoms with Gasteiger partial charge in [-0.1, -0.05) is 29.8 Å². The highest BCUT2D eigenvalue weighted by atomic mass is 35.5. The topological polar surface area (TPSA) is 56.4 Å². The molecule has 1 amide bonds. The molecule has 0 bridgehead atoms. The highest BCUT2D eigenvalue weighted by Crippen LogP contribution is 2.26. The number of ether oxygens (including phenoxy) is 1. The summed E-state index contributed by atoms with van der Waals surface area (Å²) in [5.41, 5.74) is 3.06. The highest BCUT2D eigenvalue weighted by molar-refractivity contribution is 6.31. The van der Waals surface area contributed by atoms with E-state index in [0.717, 1.165) is 16.8 Å². The minimum Gasteiger partial charge on any atom is -0.460 e. The molecule has 0 aliphatic rings. The Morgan fingerprint density at radius 3 is 2.88 bits per heavy atom. The van der Waals surface area contributed by atoms with Gasteiger partial charge >= 0.3 is 0 Å². The van der Waals surface area contributed by atoms with Crippen LogP contribution in [0.3, 0.4) is 0 Å². The molecule has 0 saturated carbocycles. The molecule has 1 N–H and O–H groups in total. The van der Waals surface area contributed by atoms with Gasteiger partial charge in [-0.2, -0.15) is 0 Å². The summed E-state index contributed by atoms with van der Waals surface area (Å²) in [4.78, 5) is 12.5. The lowest BCUT2D eigenvalue weighted by molar-refractivity contribution is 0.0928. The normalized spacial score (nSPS) is 11.1. The van der Waals surface area contributed by atoms with Gasteiger partial charge in [-0.25, -0.2) is 0 Å². The molecule has 6 heteroatoms. The van der Waals surface area contributed by atoms with Gasteiger partial charge in [0.05, 0.1) is 12.1 Å². The third-order valence-electron chi connectivity index (χ3n) is 3.82. The van der Waals surface area contributed by atoms with Crippen LogP contribution >= 0.6 is 11.6 Å². The molecule has 0 aliphatic heterocycles. The first-order chi connectivity index (χ1) is 11.6. The summed E-state index contributed by atoms with van der Waals surface area (Å²) in [6.45, 7) is 3.30. The first-order valence-electron chi connectivity index (χ1n) is 7.70. The second-order valence-corrected chi connectivity index (χ2v) is 5.97. The van der Waals surface area contributed by atoms with E-state index in [-0.39, 0.29) is 5.91 Å². The van der Waals surface area contributed by atoms with Crippen molar-refractivity contribution < 1.29 is 13.9 Å². The average Bonchev–Trinajstić information content (AvgIpc) is 3.07. The van der Waals surface area contributed by atoms with Gasteiger partial charge in [0.15, 0.2) is 5.58 Å². The predicted octanol–water partition coefficient (Wildman–Crippen LogP) is 3.62. The number of nitrogens with zero attached hydrogens (tertiary/aromatic N) is 1. The second kappa shape index (κ2) is 7.11. The number of carbonyl (C=O) groups excluding carboxylic acids is 1. The Morgan fingerprint density at radius 2 is 2.12 bits per heavy atom. The zero-order valence-corrected chi connectivity index (χ0v) is 14.4. The van der Waals surface area contributed by atoms with E-state index >= 15 is 0 Å². The number of fused-ring (bicyclic) bond motifs is 1. The van der Waals surface area contributed by atoms with Crippen molar-refractivity contribution in [3.63, 3.8) is 0 Å². The van der Waals surface area contributed by atoms with Crippen LogP contribution in [-0.2, 0) is 11.3 Å². The van der Waals surface area contributed by atoms with Crippen molar-refractivity contribution in [1.82, 2.24) is 9.88 Å². The third kappa shape index (κ3) is 3.32. The van der Waals surface area contributed by atoms with Crippen molar-refractivity contribution in [3.05, 3.63) is 58.4 Å². The Balaban J connectivity index is 1.98. The molecule has 5 nitrogen and oxygen atoms in total. The molecular weight excluding hydrogens is 328 g/mol. The molecule has 1 aromatic carbocycles. The van der Waals surface area contributed by atoms with Crippen LogP contribution in [0.4, 0.5) is 0 Å². The number of amides is 1. The van der Waals surface area contributed by atoms with Crippen LogP contribution in [0.5, 0.6) is 0 Å². The van der Waals surface area contributed by atoms with Crippen LogP contribution in [0.25, 0.3) is 11.1 Å². The van der Waals surface area contributed by atoms with E-state index in [1.807, 2.05) is 41.8 Å². The van der Waals surface area contributed by atoms with Gasteiger partial charge in [0, 0.05) is 37.4 Å². The molecule has 0 saturated heterocycles. The first-order valence-corrected chi connectivity index (χ1v) is 8.08. The Hall–Kier alpha value is -2.24. The van der Waals surface area contributed by atoms with Crippen molar-refractivity contribution in [2.24, 2.45) is 0 Å². The Labute approximate surface area is 145 Å². The minimum atomic E-state index is -0.164. The number of hydrogen-bond acceptors (Lipinski definition) is 3. The van der Waals surface area contributed by atoms with Gasteiger partial charge in [0.25, 0.3) is 5.91 Å². The molecule has 0 radical (unpaired) electrons. The van der Waals surface area contributed by atoms with Crippen molar-refractivity contribution in [2.45, 2.75) is 13.5 Å². The minimum absolute atomic E-state index is 0.164. The molecule has 0 spiro atoms. The van der Waals surface area contributed by atoms with Crippen LogP contribution in [0.15, 0.2) is 40.8 Å². The zero-order chi connectivity index (χ0) is 17.1.